The normalized spacial score (nSPS) is 18.0. The van der Waals surface area contributed by atoms with Gasteiger partial charge in [0.1, 0.15) is 12.1 Å². The summed E-state index contributed by atoms with van der Waals surface area (Å²) in [5, 5.41) is 14.1. The number of hydrogen-bond donors (Lipinski definition) is 2. The number of benzene rings is 2. The van der Waals surface area contributed by atoms with Crippen LogP contribution in [0.1, 0.15) is 31.9 Å². The summed E-state index contributed by atoms with van der Waals surface area (Å²) in [6, 6.07) is 13.2. The van der Waals surface area contributed by atoms with Gasteiger partial charge in [-0.1, -0.05) is 26.0 Å². The van der Waals surface area contributed by atoms with Crippen molar-refractivity contribution in [3.8, 4) is 6.07 Å². The number of carbonyl (C=O) groups excluding carboxylic acids is 3. The van der Waals surface area contributed by atoms with Crippen LogP contribution in [0.15, 0.2) is 53.4 Å². The first-order valence-electron chi connectivity index (χ1n) is 10.6. The molecule has 2 aromatic rings. The Balaban J connectivity index is 1.69. The molecule has 11 heteroatoms. The molecule has 4 amide bonds. The highest BCUT2D eigenvalue weighted by atomic mass is 32.2. The van der Waals surface area contributed by atoms with Gasteiger partial charge in [0.2, 0.25) is 15.9 Å². The topological polar surface area (TPSA) is 140 Å². The highest BCUT2D eigenvalue weighted by Gasteiger charge is 2.49. The van der Waals surface area contributed by atoms with Gasteiger partial charge in [0.05, 0.1) is 16.5 Å². The van der Waals surface area contributed by atoms with E-state index in [0.29, 0.717) is 29.9 Å². The van der Waals surface area contributed by atoms with Crippen molar-refractivity contribution in [2.75, 3.05) is 25.0 Å². The van der Waals surface area contributed by atoms with Crippen molar-refractivity contribution in [2.24, 2.45) is 0 Å². The standard InChI is InChI=1S/C23H25N5O5S/c1-4-27(5-2)34(32,33)19-12-10-18(11-13-19)25-20(29)15-28-21(30)23(3,26-22(28)31)17-8-6-16(14-24)7-9-17/h6-13H,4-5,15H2,1-3H3,(H,25,29)(H,26,31)/t23-/m1/s1. The van der Waals surface area contributed by atoms with Gasteiger partial charge in [-0.2, -0.15) is 9.57 Å². The maximum Gasteiger partial charge on any atom is 0.325 e. The highest BCUT2D eigenvalue weighted by molar-refractivity contribution is 7.89. The van der Waals surface area contributed by atoms with E-state index in [1.807, 2.05) is 6.07 Å². The van der Waals surface area contributed by atoms with Gasteiger partial charge in [0, 0.05) is 18.8 Å². The highest BCUT2D eigenvalue weighted by Crippen LogP contribution is 2.29. The van der Waals surface area contributed by atoms with E-state index in [1.54, 1.807) is 38.1 Å². The number of imide groups is 1. The van der Waals surface area contributed by atoms with Crippen molar-refractivity contribution in [1.29, 1.82) is 5.26 Å². The van der Waals surface area contributed by atoms with Crippen LogP contribution in [0.4, 0.5) is 10.5 Å². The molecule has 0 bridgehead atoms. The van der Waals surface area contributed by atoms with Crippen LogP contribution in [-0.2, 0) is 25.2 Å². The lowest BCUT2D eigenvalue weighted by molar-refractivity contribution is -0.133. The molecule has 1 aliphatic heterocycles. The van der Waals surface area contributed by atoms with E-state index in [0.717, 1.165) is 4.90 Å². The second kappa shape index (κ2) is 9.62. The molecule has 2 N–H and O–H groups in total. The van der Waals surface area contributed by atoms with Gasteiger partial charge in [-0.15, -0.1) is 0 Å². The molecule has 178 valence electrons. The third-order valence-electron chi connectivity index (χ3n) is 5.65. The van der Waals surface area contributed by atoms with Crippen LogP contribution >= 0.6 is 0 Å². The molecule has 34 heavy (non-hydrogen) atoms. The molecule has 1 saturated heterocycles. The number of carbonyl (C=O) groups is 3. The predicted octanol–water partition coefficient (Wildman–Crippen LogP) is 1.99. The Morgan fingerprint density at radius 1 is 1.09 bits per heavy atom. The summed E-state index contributed by atoms with van der Waals surface area (Å²) < 4.78 is 26.5. The predicted molar refractivity (Wildman–Crippen MR) is 124 cm³/mol. The number of sulfonamides is 1. The van der Waals surface area contributed by atoms with Crippen LogP contribution in [0.25, 0.3) is 0 Å². The number of nitrogens with one attached hydrogen (secondary N) is 2. The monoisotopic (exact) mass is 483 g/mol. The Hall–Kier alpha value is -3.75. The van der Waals surface area contributed by atoms with Gasteiger partial charge >= 0.3 is 6.03 Å². The molecule has 10 nitrogen and oxygen atoms in total. The van der Waals surface area contributed by atoms with E-state index in [4.69, 9.17) is 5.26 Å². The van der Waals surface area contributed by atoms with Crippen LogP contribution in [-0.4, -0.2) is 55.1 Å². The zero-order valence-corrected chi connectivity index (χ0v) is 19.8. The van der Waals surface area contributed by atoms with E-state index in [1.165, 1.54) is 35.5 Å². The molecule has 1 heterocycles. The minimum absolute atomic E-state index is 0.0986. The van der Waals surface area contributed by atoms with Crippen LogP contribution in [0.3, 0.4) is 0 Å². The fourth-order valence-electron chi connectivity index (χ4n) is 3.68. The summed E-state index contributed by atoms with van der Waals surface area (Å²) in [7, 11) is -3.63. The van der Waals surface area contributed by atoms with Crippen molar-refractivity contribution >= 4 is 33.6 Å². The van der Waals surface area contributed by atoms with Gasteiger partial charge in [0.25, 0.3) is 5.91 Å². The fourth-order valence-corrected chi connectivity index (χ4v) is 5.14. The molecule has 1 aliphatic rings. The Labute approximate surface area is 198 Å². The first-order valence-corrected chi connectivity index (χ1v) is 12.1. The maximum absolute atomic E-state index is 13.0. The van der Waals surface area contributed by atoms with Crippen molar-refractivity contribution in [3.63, 3.8) is 0 Å². The zero-order chi connectivity index (χ0) is 25.1. The number of hydrogen-bond acceptors (Lipinski definition) is 6. The summed E-state index contributed by atoms with van der Waals surface area (Å²) in [6.45, 7) is 5.18. The molecule has 3 rings (SSSR count). The molecule has 2 aromatic carbocycles. The summed E-state index contributed by atoms with van der Waals surface area (Å²) >= 11 is 0. The van der Waals surface area contributed by atoms with Crippen LogP contribution in [0.2, 0.25) is 0 Å². The lowest BCUT2D eigenvalue weighted by atomic mass is 9.91. The Bertz CT molecular complexity index is 1250. The van der Waals surface area contributed by atoms with Crippen LogP contribution in [0.5, 0.6) is 0 Å². The summed E-state index contributed by atoms with van der Waals surface area (Å²) in [5.74, 6) is -1.22. The summed E-state index contributed by atoms with van der Waals surface area (Å²) in [4.78, 5) is 38.9. The van der Waals surface area contributed by atoms with Gasteiger partial charge in [-0.3, -0.25) is 14.5 Å². The average molecular weight is 484 g/mol. The molecule has 1 fully saturated rings. The third-order valence-corrected chi connectivity index (χ3v) is 7.71. The van der Waals surface area contributed by atoms with Gasteiger partial charge in [-0.25, -0.2) is 13.2 Å². The second-order valence-corrected chi connectivity index (χ2v) is 9.74. The molecule has 1 atom stereocenters. The lowest BCUT2D eigenvalue weighted by Crippen LogP contribution is -2.42. The van der Waals surface area contributed by atoms with E-state index in [2.05, 4.69) is 10.6 Å². The molecular formula is C23H25N5O5S. The van der Waals surface area contributed by atoms with E-state index in [-0.39, 0.29) is 4.90 Å². The molecule has 0 aliphatic carbocycles. The van der Waals surface area contributed by atoms with Crippen molar-refractivity contribution < 1.29 is 22.8 Å². The molecule has 0 saturated carbocycles. The second-order valence-electron chi connectivity index (χ2n) is 7.80. The van der Waals surface area contributed by atoms with Gasteiger partial charge < -0.3 is 10.6 Å². The van der Waals surface area contributed by atoms with E-state index in [9.17, 15) is 22.8 Å². The summed E-state index contributed by atoms with van der Waals surface area (Å²) in [5.41, 5.74) is -0.148. The smallest absolute Gasteiger partial charge is 0.325 e. The van der Waals surface area contributed by atoms with Crippen molar-refractivity contribution in [3.05, 3.63) is 59.7 Å². The van der Waals surface area contributed by atoms with Crippen LogP contribution < -0.4 is 10.6 Å². The number of anilines is 1. The quantitative estimate of drug-likeness (QED) is 0.551. The number of nitriles is 1. The summed E-state index contributed by atoms with van der Waals surface area (Å²) in [6.07, 6.45) is 0. The maximum atomic E-state index is 13.0. The van der Waals surface area contributed by atoms with E-state index < -0.39 is 40.0 Å². The minimum Gasteiger partial charge on any atom is -0.325 e. The largest absolute Gasteiger partial charge is 0.325 e. The Morgan fingerprint density at radius 3 is 2.21 bits per heavy atom. The minimum atomic E-state index is -3.63. The fraction of sp³-hybridized carbons (Fsp3) is 0.304. The van der Waals surface area contributed by atoms with Gasteiger partial charge in [-0.05, 0) is 48.9 Å². The molecular weight excluding hydrogens is 458 g/mol. The van der Waals surface area contributed by atoms with Crippen molar-refractivity contribution in [2.45, 2.75) is 31.2 Å². The average Bonchev–Trinajstić information content (AvgIpc) is 3.04. The Kier molecular flexibility index (Phi) is 7.04. The van der Waals surface area contributed by atoms with E-state index >= 15 is 0 Å². The first-order chi connectivity index (χ1) is 16.1. The first kappa shape index (κ1) is 24.9. The lowest BCUT2D eigenvalue weighted by Gasteiger charge is -2.22. The molecule has 0 unspecified atom stereocenters. The van der Waals surface area contributed by atoms with Gasteiger partial charge in [0.15, 0.2) is 0 Å². The molecule has 0 radical (unpaired) electrons. The Morgan fingerprint density at radius 2 is 1.68 bits per heavy atom. The molecule has 0 spiro atoms. The number of urea groups is 1. The van der Waals surface area contributed by atoms with Crippen LogP contribution in [0, 0.1) is 11.3 Å². The zero-order valence-electron chi connectivity index (χ0n) is 19.0. The number of amides is 4. The van der Waals surface area contributed by atoms with Crippen molar-refractivity contribution in [1.82, 2.24) is 14.5 Å². The third kappa shape index (κ3) is 4.64. The number of nitrogens with zero attached hydrogens (tertiary/aromatic N) is 3. The SMILES string of the molecule is CCN(CC)S(=O)(=O)c1ccc(NC(=O)CN2C(=O)N[C@](C)(c3ccc(C#N)cc3)C2=O)cc1. The number of rotatable bonds is 8. The molecule has 0 aromatic heterocycles.